The highest BCUT2D eigenvalue weighted by Crippen LogP contribution is 2.59. The van der Waals surface area contributed by atoms with Gasteiger partial charge < -0.3 is 9.64 Å². The van der Waals surface area contributed by atoms with Gasteiger partial charge in [0.25, 0.3) is 10.8 Å². The molecule has 4 rings (SSSR count). The van der Waals surface area contributed by atoms with Crippen molar-refractivity contribution in [2.45, 2.75) is 56.9 Å². The minimum Gasteiger partial charge on any atom is -0.433 e. The molecule has 3 aliphatic heterocycles. The lowest BCUT2D eigenvalue weighted by Crippen LogP contribution is -2.52. The van der Waals surface area contributed by atoms with Crippen molar-refractivity contribution in [3.05, 3.63) is 28.8 Å². The highest BCUT2D eigenvalue weighted by Gasteiger charge is 2.62. The number of benzene rings is 1. The number of thioether (sulfide) groups is 1. The van der Waals surface area contributed by atoms with E-state index >= 15 is 0 Å². The molecule has 0 aliphatic carbocycles. The Labute approximate surface area is 140 Å². The van der Waals surface area contributed by atoms with Crippen LogP contribution in [0.3, 0.4) is 0 Å². The molecule has 1 saturated heterocycles. The molecule has 0 N–H and O–H groups in total. The minimum absolute atomic E-state index is 0.0882. The maximum atomic E-state index is 13.3. The molecule has 4 nitrogen and oxygen atoms in total. The third kappa shape index (κ3) is 1.80. The fourth-order valence-electron chi connectivity index (χ4n) is 4.31. The van der Waals surface area contributed by atoms with E-state index in [-0.39, 0.29) is 23.2 Å². The summed E-state index contributed by atoms with van der Waals surface area (Å²) in [5.41, 5.74) is 4.01. The van der Waals surface area contributed by atoms with Crippen LogP contribution in [0.4, 0.5) is 5.69 Å². The van der Waals surface area contributed by atoms with Crippen molar-refractivity contribution in [3.63, 3.8) is 0 Å². The molecule has 5 heteroatoms. The zero-order valence-corrected chi connectivity index (χ0v) is 14.8. The largest absolute Gasteiger partial charge is 0.433 e. The highest BCUT2D eigenvalue weighted by molar-refractivity contribution is 8.01. The Morgan fingerprint density at radius 2 is 2.09 bits per heavy atom. The normalized spacial score (nSPS) is 30.8. The van der Waals surface area contributed by atoms with Crippen LogP contribution in [0, 0.1) is 0 Å². The van der Waals surface area contributed by atoms with E-state index in [0.717, 1.165) is 24.1 Å². The lowest BCUT2D eigenvalue weighted by atomic mass is 9.79. The molecule has 23 heavy (non-hydrogen) atoms. The molecule has 1 aromatic carbocycles. The van der Waals surface area contributed by atoms with Crippen molar-refractivity contribution < 1.29 is 14.3 Å². The first kappa shape index (κ1) is 15.1. The van der Waals surface area contributed by atoms with Crippen LogP contribution < -0.4 is 4.90 Å². The third-order valence-corrected chi connectivity index (χ3v) is 6.53. The standard InChI is InChI=1S/C18H21NO3S/c1-5-11-6-12-10(2)8-17(3,4)19-15(12)13(7-11)18(16(19)21)22-14(20)9-23-18/h6-7,10H,5,8-9H2,1-4H3/t10-,18+/m1/s1. The second-order valence-corrected chi connectivity index (χ2v) is 8.52. The summed E-state index contributed by atoms with van der Waals surface area (Å²) in [7, 11) is 0. The molecular weight excluding hydrogens is 310 g/mol. The lowest BCUT2D eigenvalue weighted by Gasteiger charge is -2.43. The summed E-state index contributed by atoms with van der Waals surface area (Å²) in [6.07, 6.45) is 1.81. The van der Waals surface area contributed by atoms with Crippen LogP contribution in [0.5, 0.6) is 0 Å². The number of fused-ring (bicyclic) bond motifs is 1. The summed E-state index contributed by atoms with van der Waals surface area (Å²) >= 11 is 1.33. The zero-order valence-electron chi connectivity index (χ0n) is 13.9. The van der Waals surface area contributed by atoms with Crippen molar-refractivity contribution in [1.82, 2.24) is 0 Å². The van der Waals surface area contributed by atoms with Crippen LogP contribution in [0.1, 0.15) is 56.7 Å². The molecular formula is C18H21NO3S. The van der Waals surface area contributed by atoms with E-state index in [0.29, 0.717) is 5.92 Å². The van der Waals surface area contributed by atoms with Crippen molar-refractivity contribution in [2.75, 3.05) is 10.7 Å². The molecule has 0 aromatic heterocycles. The van der Waals surface area contributed by atoms with Crippen LogP contribution >= 0.6 is 11.8 Å². The Bertz CT molecular complexity index is 742. The van der Waals surface area contributed by atoms with Gasteiger partial charge in [-0.3, -0.25) is 9.59 Å². The van der Waals surface area contributed by atoms with Crippen LogP contribution in [-0.2, 0) is 25.7 Å². The number of ether oxygens (including phenoxy) is 1. The predicted molar refractivity (Wildman–Crippen MR) is 90.6 cm³/mol. The van der Waals surface area contributed by atoms with Gasteiger partial charge >= 0.3 is 5.97 Å². The highest BCUT2D eigenvalue weighted by atomic mass is 32.2. The molecule has 0 bridgehead atoms. The molecule has 3 aliphatic rings. The van der Waals surface area contributed by atoms with Gasteiger partial charge in [0, 0.05) is 11.1 Å². The first-order chi connectivity index (χ1) is 10.8. The van der Waals surface area contributed by atoms with E-state index in [1.54, 1.807) is 0 Å². The molecule has 0 radical (unpaired) electrons. The van der Waals surface area contributed by atoms with E-state index in [4.69, 9.17) is 4.74 Å². The average Bonchev–Trinajstić information content (AvgIpc) is 2.98. The van der Waals surface area contributed by atoms with Crippen molar-refractivity contribution >= 4 is 29.3 Å². The fraction of sp³-hybridized carbons (Fsp3) is 0.556. The predicted octanol–water partition coefficient (Wildman–Crippen LogP) is 3.32. The van der Waals surface area contributed by atoms with Gasteiger partial charge in [-0.2, -0.15) is 0 Å². The topological polar surface area (TPSA) is 46.6 Å². The lowest BCUT2D eigenvalue weighted by molar-refractivity contribution is -0.153. The molecule has 1 aromatic rings. The molecule has 0 unspecified atom stereocenters. The maximum Gasteiger partial charge on any atom is 0.318 e. The van der Waals surface area contributed by atoms with Crippen LogP contribution in [0.15, 0.2) is 12.1 Å². The maximum absolute atomic E-state index is 13.3. The van der Waals surface area contributed by atoms with E-state index in [2.05, 4.69) is 39.8 Å². The van der Waals surface area contributed by atoms with E-state index in [1.165, 1.54) is 22.9 Å². The van der Waals surface area contributed by atoms with Crippen LogP contribution in [0.25, 0.3) is 0 Å². The number of anilines is 1. The first-order valence-electron chi connectivity index (χ1n) is 8.18. The summed E-state index contributed by atoms with van der Waals surface area (Å²) < 4.78 is 5.62. The van der Waals surface area contributed by atoms with Crippen molar-refractivity contribution in [2.24, 2.45) is 0 Å². The molecule has 122 valence electrons. The number of hydrogen-bond donors (Lipinski definition) is 0. The molecule has 1 fully saturated rings. The van der Waals surface area contributed by atoms with Crippen molar-refractivity contribution in [3.8, 4) is 0 Å². The first-order valence-corrected chi connectivity index (χ1v) is 9.16. The summed E-state index contributed by atoms with van der Waals surface area (Å²) in [4.78, 5) is 25.9. The number of hydrogen-bond acceptors (Lipinski definition) is 4. The molecule has 1 spiro atoms. The van der Waals surface area contributed by atoms with Gasteiger partial charge in [-0.15, -0.1) is 0 Å². The summed E-state index contributed by atoms with van der Waals surface area (Å²) in [6, 6.07) is 4.29. The van der Waals surface area contributed by atoms with E-state index < -0.39 is 4.93 Å². The summed E-state index contributed by atoms with van der Waals surface area (Å²) in [6.45, 7) is 8.53. The molecule has 0 saturated carbocycles. The number of amides is 1. The SMILES string of the molecule is CCc1cc2c3c(c1)[C@@]1(OC(=O)CS1)C(=O)N3C(C)(C)C[C@H]2C. The smallest absolute Gasteiger partial charge is 0.318 e. The molecule has 3 heterocycles. The number of carbonyl (C=O) groups is 2. The second-order valence-electron chi connectivity index (χ2n) is 7.37. The number of carbonyl (C=O) groups excluding carboxylic acids is 2. The quantitative estimate of drug-likeness (QED) is 0.741. The van der Waals surface area contributed by atoms with Gasteiger partial charge in [0.2, 0.25) is 0 Å². The number of aryl methyl sites for hydroxylation is 1. The third-order valence-electron chi connectivity index (χ3n) is 5.26. The fourth-order valence-corrected chi connectivity index (χ4v) is 5.37. The number of rotatable bonds is 1. The van der Waals surface area contributed by atoms with Gasteiger partial charge in [-0.1, -0.05) is 31.7 Å². The van der Waals surface area contributed by atoms with E-state index in [9.17, 15) is 9.59 Å². The monoisotopic (exact) mass is 331 g/mol. The Morgan fingerprint density at radius 3 is 2.70 bits per heavy atom. The van der Waals surface area contributed by atoms with Gasteiger partial charge in [-0.05, 0) is 49.8 Å². The second kappa shape index (κ2) is 4.53. The molecule has 1 amide bonds. The van der Waals surface area contributed by atoms with Crippen LogP contribution in [-0.4, -0.2) is 23.2 Å². The van der Waals surface area contributed by atoms with E-state index in [1.807, 2.05) is 4.90 Å². The number of nitrogens with zero attached hydrogens (tertiary/aromatic N) is 1. The summed E-state index contributed by atoms with van der Waals surface area (Å²) in [5, 5.41) is 0. The van der Waals surface area contributed by atoms with Crippen LogP contribution in [0.2, 0.25) is 0 Å². The zero-order chi connectivity index (χ0) is 16.6. The Balaban J connectivity index is 2.03. The van der Waals surface area contributed by atoms with Gasteiger partial charge in [-0.25, -0.2) is 0 Å². The van der Waals surface area contributed by atoms with Gasteiger partial charge in [0.1, 0.15) is 0 Å². The summed E-state index contributed by atoms with van der Waals surface area (Å²) in [5.74, 6) is 0.228. The Kier molecular flexibility index (Phi) is 2.97. The van der Waals surface area contributed by atoms with Gasteiger partial charge in [0.15, 0.2) is 0 Å². The average molecular weight is 331 g/mol. The van der Waals surface area contributed by atoms with Crippen molar-refractivity contribution in [1.29, 1.82) is 0 Å². The minimum atomic E-state index is -1.16. The Hall–Kier alpha value is -1.49. The molecule has 2 atom stereocenters. The Morgan fingerprint density at radius 1 is 1.35 bits per heavy atom. The van der Waals surface area contributed by atoms with Gasteiger partial charge in [0.05, 0.1) is 11.4 Å². The number of esters is 1.